The molecule has 0 bridgehead atoms. The van der Waals surface area contributed by atoms with Crippen LogP contribution < -0.4 is 20.7 Å². The number of amides is 3. The van der Waals surface area contributed by atoms with Gasteiger partial charge < -0.3 is 25.1 Å². The van der Waals surface area contributed by atoms with E-state index in [2.05, 4.69) is 54.5 Å². The minimum Gasteiger partial charge on any atom is -0.450 e. The maximum atomic E-state index is 14.2. The third kappa shape index (κ3) is 10.8. The van der Waals surface area contributed by atoms with E-state index in [0.717, 1.165) is 36.3 Å². The van der Waals surface area contributed by atoms with E-state index in [9.17, 15) is 18.0 Å². The smallest absolute Gasteiger partial charge is 0.407 e. The second kappa shape index (κ2) is 16.4. The molecule has 4 N–H and O–H groups in total. The summed E-state index contributed by atoms with van der Waals surface area (Å²) in [5, 5.41) is 9.45. The van der Waals surface area contributed by atoms with Gasteiger partial charge in [0.2, 0.25) is 10.0 Å². The first-order valence-corrected chi connectivity index (χ1v) is 22.4. The van der Waals surface area contributed by atoms with Crippen LogP contribution in [-0.2, 0) is 25.7 Å². The van der Waals surface area contributed by atoms with Gasteiger partial charge in [0.05, 0.1) is 28.0 Å². The molecule has 0 saturated heterocycles. The summed E-state index contributed by atoms with van der Waals surface area (Å²) in [6.45, 7) is 17.0. The minimum absolute atomic E-state index is 0.0310. The lowest BCUT2D eigenvalue weighted by atomic mass is 9.86. The Bertz CT molecular complexity index is 1720. The SMILES string of the molecule is CCOC(=O)NC1CCC(c2ncc(-c3ccc(NC(=O)NCc4ccccc4)cc3S(=O)(=O)NC(C)(C)CO[Si](C)(C)C(C)(C)C)s2)CC1. The molecule has 0 radical (unpaired) electrons. The molecule has 1 saturated carbocycles. The van der Waals surface area contributed by atoms with Crippen molar-refractivity contribution in [1.29, 1.82) is 0 Å². The standard InChI is InChI=1S/C36H53N5O6S2Si/c1-9-46-34(43)40-27-17-15-26(16-18-27)32-37-23-30(48-32)29-20-19-28(39-33(42)38-22-25-13-11-10-12-14-25)21-31(29)49(44,45)41-36(5,6)24-47-50(7,8)35(2,3)4/h10-14,19-21,23,26-27,41H,9,15-18,22,24H2,1-8H3,(H,40,43)(H2,38,39,42). The third-order valence-corrected chi connectivity index (χ3v) is 16.7. The van der Waals surface area contributed by atoms with Crippen LogP contribution >= 0.6 is 11.3 Å². The van der Waals surface area contributed by atoms with E-state index in [1.807, 2.05) is 44.2 Å². The Morgan fingerprint density at radius 1 is 1.00 bits per heavy atom. The van der Waals surface area contributed by atoms with Crippen molar-refractivity contribution in [1.82, 2.24) is 20.3 Å². The zero-order chi connectivity index (χ0) is 36.7. The van der Waals surface area contributed by atoms with Crippen LogP contribution in [-0.4, -0.2) is 58.6 Å². The number of carbonyl (C=O) groups excluding carboxylic acids is 2. The molecule has 274 valence electrons. The molecule has 0 aliphatic heterocycles. The molecule has 1 aliphatic carbocycles. The average molecular weight is 744 g/mol. The predicted octanol–water partition coefficient (Wildman–Crippen LogP) is 7.98. The van der Waals surface area contributed by atoms with Crippen molar-refractivity contribution in [3.8, 4) is 10.4 Å². The number of sulfonamides is 1. The van der Waals surface area contributed by atoms with Gasteiger partial charge >= 0.3 is 12.1 Å². The molecule has 3 aromatic rings. The van der Waals surface area contributed by atoms with Gasteiger partial charge in [0.1, 0.15) is 0 Å². The van der Waals surface area contributed by atoms with Gasteiger partial charge in [0.25, 0.3) is 0 Å². The van der Waals surface area contributed by atoms with Gasteiger partial charge in [-0.3, -0.25) is 0 Å². The van der Waals surface area contributed by atoms with Gasteiger partial charge in [-0.2, -0.15) is 0 Å². The van der Waals surface area contributed by atoms with Crippen LogP contribution in [0.15, 0.2) is 59.6 Å². The van der Waals surface area contributed by atoms with Crippen LogP contribution in [0.1, 0.15) is 83.7 Å². The molecule has 2 aromatic carbocycles. The number of aromatic nitrogens is 1. The summed E-state index contributed by atoms with van der Waals surface area (Å²) in [7, 11) is -6.26. The lowest BCUT2D eigenvalue weighted by Crippen LogP contribution is -2.51. The van der Waals surface area contributed by atoms with Gasteiger partial charge in [-0.25, -0.2) is 27.7 Å². The Balaban J connectivity index is 1.57. The number of alkyl carbamates (subject to hydrolysis) is 1. The summed E-state index contributed by atoms with van der Waals surface area (Å²) in [5.41, 5.74) is 0.858. The van der Waals surface area contributed by atoms with Gasteiger partial charge in [-0.1, -0.05) is 57.2 Å². The van der Waals surface area contributed by atoms with Crippen LogP contribution in [0.3, 0.4) is 0 Å². The van der Waals surface area contributed by atoms with Gasteiger partial charge in [0, 0.05) is 41.5 Å². The molecule has 1 fully saturated rings. The monoisotopic (exact) mass is 743 g/mol. The van der Waals surface area contributed by atoms with E-state index in [4.69, 9.17) is 14.1 Å². The highest BCUT2D eigenvalue weighted by molar-refractivity contribution is 7.89. The van der Waals surface area contributed by atoms with E-state index in [1.54, 1.807) is 25.3 Å². The quantitative estimate of drug-likeness (QED) is 0.130. The van der Waals surface area contributed by atoms with Gasteiger partial charge in [0.15, 0.2) is 8.32 Å². The first-order chi connectivity index (χ1) is 23.4. The number of rotatable bonds is 13. The number of carbonyl (C=O) groups is 2. The summed E-state index contributed by atoms with van der Waals surface area (Å²) in [5.74, 6) is 0.202. The predicted molar refractivity (Wildman–Crippen MR) is 203 cm³/mol. The first-order valence-electron chi connectivity index (χ1n) is 17.2. The Morgan fingerprint density at radius 3 is 2.32 bits per heavy atom. The zero-order valence-corrected chi connectivity index (χ0v) is 33.1. The summed E-state index contributed by atoms with van der Waals surface area (Å²) in [4.78, 5) is 30.2. The van der Waals surface area contributed by atoms with Crippen molar-refractivity contribution in [2.45, 2.75) is 114 Å². The summed E-state index contributed by atoms with van der Waals surface area (Å²) in [6.07, 6.45) is 4.64. The molecular weight excluding hydrogens is 691 g/mol. The van der Waals surface area contributed by atoms with Crippen molar-refractivity contribution in [3.63, 3.8) is 0 Å². The van der Waals surface area contributed by atoms with E-state index >= 15 is 0 Å². The lowest BCUT2D eigenvalue weighted by Gasteiger charge is -2.39. The van der Waals surface area contributed by atoms with Crippen LogP contribution in [0.2, 0.25) is 18.1 Å². The maximum Gasteiger partial charge on any atom is 0.407 e. The molecule has 0 atom stereocenters. The molecule has 1 aromatic heterocycles. The number of ether oxygens (including phenoxy) is 1. The van der Waals surface area contributed by atoms with E-state index in [-0.39, 0.29) is 28.5 Å². The zero-order valence-electron chi connectivity index (χ0n) is 30.5. The lowest BCUT2D eigenvalue weighted by molar-refractivity contribution is 0.144. The number of urea groups is 1. The maximum absolute atomic E-state index is 14.2. The fraction of sp³-hybridized carbons (Fsp3) is 0.528. The molecule has 50 heavy (non-hydrogen) atoms. The molecule has 3 amide bonds. The molecule has 11 nitrogen and oxygen atoms in total. The summed E-state index contributed by atoms with van der Waals surface area (Å²) in [6, 6.07) is 14.1. The summed E-state index contributed by atoms with van der Waals surface area (Å²) >= 11 is 1.47. The number of nitrogens with one attached hydrogen (secondary N) is 4. The average Bonchev–Trinajstić information content (AvgIpc) is 3.53. The number of anilines is 1. The second-order valence-corrected chi connectivity index (χ2v) is 22.5. The second-order valence-electron chi connectivity index (χ2n) is 15.0. The molecule has 4 rings (SSSR count). The Morgan fingerprint density at radius 2 is 1.68 bits per heavy atom. The number of hydrogen-bond donors (Lipinski definition) is 4. The Labute approximate surface area is 302 Å². The van der Waals surface area contributed by atoms with Crippen LogP contribution in [0.25, 0.3) is 10.4 Å². The molecule has 0 spiro atoms. The van der Waals surface area contributed by atoms with E-state index in [0.29, 0.717) is 29.3 Å². The molecule has 1 heterocycles. The van der Waals surface area contributed by atoms with Crippen molar-refractivity contribution < 1.29 is 27.2 Å². The van der Waals surface area contributed by atoms with E-state index < -0.39 is 36.0 Å². The van der Waals surface area contributed by atoms with Crippen molar-refractivity contribution in [2.75, 3.05) is 18.5 Å². The van der Waals surface area contributed by atoms with Gasteiger partial charge in [-0.15, -0.1) is 11.3 Å². The molecular formula is C36H53N5O6S2Si. The summed E-state index contributed by atoms with van der Waals surface area (Å²) < 4.78 is 42.8. The number of nitrogens with zero attached hydrogens (tertiary/aromatic N) is 1. The highest BCUT2D eigenvalue weighted by Crippen LogP contribution is 2.40. The van der Waals surface area contributed by atoms with Crippen molar-refractivity contribution in [2.24, 2.45) is 0 Å². The van der Waals surface area contributed by atoms with Crippen molar-refractivity contribution >= 4 is 47.5 Å². The normalized spacial score (nSPS) is 17.2. The largest absolute Gasteiger partial charge is 0.450 e. The fourth-order valence-electron chi connectivity index (χ4n) is 5.43. The highest BCUT2D eigenvalue weighted by Gasteiger charge is 2.39. The van der Waals surface area contributed by atoms with Crippen LogP contribution in [0.5, 0.6) is 0 Å². The third-order valence-electron chi connectivity index (χ3n) is 9.30. The number of hydrogen-bond acceptors (Lipinski definition) is 8. The van der Waals surface area contributed by atoms with Crippen LogP contribution in [0.4, 0.5) is 15.3 Å². The topological polar surface area (TPSA) is 148 Å². The van der Waals surface area contributed by atoms with Gasteiger partial charge in [-0.05, 0) is 82.3 Å². The first kappa shape index (κ1) is 39.5. The molecule has 0 unspecified atom stereocenters. The van der Waals surface area contributed by atoms with Crippen molar-refractivity contribution in [3.05, 3.63) is 65.3 Å². The number of thiazole rings is 1. The molecule has 14 heteroatoms. The van der Waals surface area contributed by atoms with E-state index in [1.165, 1.54) is 17.4 Å². The highest BCUT2D eigenvalue weighted by atomic mass is 32.2. The Hall–Kier alpha value is -3.30. The van der Waals surface area contributed by atoms with Crippen LogP contribution in [0, 0.1) is 0 Å². The Kier molecular flexibility index (Phi) is 12.9. The molecule has 1 aliphatic rings. The fourth-order valence-corrected chi connectivity index (χ4v) is 9.42. The number of benzene rings is 2. The minimum atomic E-state index is -4.11.